The predicted octanol–water partition coefficient (Wildman–Crippen LogP) is 1.06. The number of hydrogen-bond donors (Lipinski definition) is 1. The molecule has 0 atom stereocenters. The number of hydrogen-bond acceptors (Lipinski definition) is 4. The lowest BCUT2D eigenvalue weighted by molar-refractivity contribution is -0.135. The summed E-state index contributed by atoms with van der Waals surface area (Å²) in [5.74, 6) is -2.03. The summed E-state index contributed by atoms with van der Waals surface area (Å²) in [6.45, 7) is 1.77. The van der Waals surface area contributed by atoms with E-state index >= 15 is 0 Å². The minimum Gasteiger partial charge on any atom is -0.507 e. The van der Waals surface area contributed by atoms with Crippen LogP contribution in [0.25, 0.3) is 0 Å². The number of phenolic OH excluding ortho intramolecular Hbond substituents is 1. The van der Waals surface area contributed by atoms with Crippen LogP contribution in [0.2, 0.25) is 0 Å². The number of phenols is 1. The zero-order chi connectivity index (χ0) is 10.7. The van der Waals surface area contributed by atoms with Crippen molar-refractivity contribution in [2.24, 2.45) is 0 Å². The largest absolute Gasteiger partial charge is 0.507 e. The molecule has 14 heavy (non-hydrogen) atoms. The first-order valence-electron chi connectivity index (χ1n) is 3.98. The number of methoxy groups -OCH3 is 1. The summed E-state index contributed by atoms with van der Waals surface area (Å²) < 4.78 is 4.25. The van der Waals surface area contributed by atoms with Crippen molar-refractivity contribution in [2.45, 2.75) is 6.92 Å². The molecule has 0 spiro atoms. The van der Waals surface area contributed by atoms with Gasteiger partial charge in [-0.05, 0) is 24.6 Å². The van der Waals surface area contributed by atoms with Crippen molar-refractivity contribution in [1.82, 2.24) is 0 Å². The fraction of sp³-hybridized carbons (Fsp3) is 0.200. The molecule has 1 rings (SSSR count). The Bertz CT molecular complexity index is 382. The summed E-state index contributed by atoms with van der Waals surface area (Å²) in [5.41, 5.74) is 0.770. The lowest BCUT2D eigenvalue weighted by atomic mass is 10.1. The van der Waals surface area contributed by atoms with Gasteiger partial charge in [0.2, 0.25) is 0 Å². The monoisotopic (exact) mass is 194 g/mol. The minimum atomic E-state index is -0.982. The van der Waals surface area contributed by atoms with Gasteiger partial charge < -0.3 is 9.84 Å². The number of aryl methyl sites for hydroxylation is 1. The average molecular weight is 194 g/mol. The lowest BCUT2D eigenvalue weighted by Crippen LogP contribution is -2.15. The van der Waals surface area contributed by atoms with Crippen LogP contribution in [0, 0.1) is 6.92 Å². The highest BCUT2D eigenvalue weighted by atomic mass is 16.5. The quantitative estimate of drug-likeness (QED) is 0.434. The number of aromatic hydroxyl groups is 1. The third kappa shape index (κ3) is 1.90. The van der Waals surface area contributed by atoms with Gasteiger partial charge in [-0.15, -0.1) is 0 Å². The molecule has 0 heterocycles. The molecular weight excluding hydrogens is 184 g/mol. The Kier molecular flexibility index (Phi) is 2.86. The Morgan fingerprint density at radius 1 is 1.36 bits per heavy atom. The third-order valence-corrected chi connectivity index (χ3v) is 1.77. The molecular formula is C10H10O4. The molecule has 0 saturated heterocycles. The van der Waals surface area contributed by atoms with Crippen molar-refractivity contribution in [3.05, 3.63) is 29.3 Å². The van der Waals surface area contributed by atoms with Crippen LogP contribution in [0.3, 0.4) is 0 Å². The molecule has 1 aromatic carbocycles. The zero-order valence-corrected chi connectivity index (χ0v) is 7.90. The van der Waals surface area contributed by atoms with E-state index in [1.807, 2.05) is 0 Å². The van der Waals surface area contributed by atoms with Crippen LogP contribution in [0.1, 0.15) is 15.9 Å². The van der Waals surface area contributed by atoms with Gasteiger partial charge in [0.15, 0.2) is 0 Å². The third-order valence-electron chi connectivity index (χ3n) is 1.77. The zero-order valence-electron chi connectivity index (χ0n) is 7.90. The van der Waals surface area contributed by atoms with Crippen LogP contribution in [0.4, 0.5) is 0 Å². The molecule has 0 aliphatic heterocycles. The fourth-order valence-electron chi connectivity index (χ4n) is 1.04. The summed E-state index contributed by atoms with van der Waals surface area (Å²) in [6, 6.07) is 4.44. The first-order chi connectivity index (χ1) is 6.56. The highest BCUT2D eigenvalue weighted by molar-refractivity contribution is 6.41. The van der Waals surface area contributed by atoms with E-state index in [-0.39, 0.29) is 11.3 Å². The number of Topliss-reactive ketones (excluding diaryl/α,β-unsaturated/α-hetero) is 1. The molecule has 0 aromatic heterocycles. The van der Waals surface area contributed by atoms with E-state index in [1.54, 1.807) is 13.0 Å². The fourth-order valence-corrected chi connectivity index (χ4v) is 1.04. The number of carbonyl (C=O) groups is 2. The second kappa shape index (κ2) is 3.91. The van der Waals surface area contributed by atoms with Crippen molar-refractivity contribution < 1.29 is 19.4 Å². The van der Waals surface area contributed by atoms with E-state index in [2.05, 4.69) is 4.74 Å². The Hall–Kier alpha value is -1.84. The van der Waals surface area contributed by atoms with Gasteiger partial charge in [-0.1, -0.05) is 6.07 Å². The molecule has 0 radical (unpaired) electrons. The van der Waals surface area contributed by atoms with Gasteiger partial charge >= 0.3 is 5.97 Å². The van der Waals surface area contributed by atoms with Crippen molar-refractivity contribution >= 4 is 11.8 Å². The van der Waals surface area contributed by atoms with Crippen LogP contribution in [-0.4, -0.2) is 24.0 Å². The van der Waals surface area contributed by atoms with E-state index in [9.17, 15) is 14.7 Å². The molecule has 4 heteroatoms. The smallest absolute Gasteiger partial charge is 0.379 e. The van der Waals surface area contributed by atoms with Crippen LogP contribution in [0.15, 0.2) is 18.2 Å². The lowest BCUT2D eigenvalue weighted by Gasteiger charge is -2.02. The van der Waals surface area contributed by atoms with Gasteiger partial charge in [0.25, 0.3) is 5.78 Å². The maximum Gasteiger partial charge on any atom is 0.379 e. The first-order valence-corrected chi connectivity index (χ1v) is 3.98. The van der Waals surface area contributed by atoms with Gasteiger partial charge in [0.05, 0.1) is 12.7 Å². The molecule has 0 bridgehead atoms. The standard InChI is InChI=1S/C10H10O4/c1-6-3-4-7(8(11)5-6)9(12)10(13)14-2/h3-5,11H,1-2H3. The van der Waals surface area contributed by atoms with Crippen molar-refractivity contribution in [3.8, 4) is 5.75 Å². The van der Waals surface area contributed by atoms with Crippen LogP contribution in [-0.2, 0) is 9.53 Å². The highest BCUT2D eigenvalue weighted by Gasteiger charge is 2.19. The molecule has 0 unspecified atom stereocenters. The predicted molar refractivity (Wildman–Crippen MR) is 49.2 cm³/mol. The van der Waals surface area contributed by atoms with Crippen LogP contribution < -0.4 is 0 Å². The Balaban J connectivity index is 3.08. The van der Waals surface area contributed by atoms with E-state index in [4.69, 9.17) is 0 Å². The van der Waals surface area contributed by atoms with Crippen molar-refractivity contribution in [3.63, 3.8) is 0 Å². The molecule has 0 amide bonds. The molecule has 1 N–H and O–H groups in total. The molecule has 1 aromatic rings. The average Bonchev–Trinajstić information content (AvgIpc) is 2.15. The topological polar surface area (TPSA) is 63.6 Å². The summed E-state index contributed by atoms with van der Waals surface area (Å²) in [5, 5.41) is 9.38. The van der Waals surface area contributed by atoms with Crippen molar-refractivity contribution in [2.75, 3.05) is 7.11 Å². The highest BCUT2D eigenvalue weighted by Crippen LogP contribution is 2.19. The number of ether oxygens (including phenoxy) is 1. The number of rotatable bonds is 2. The maximum absolute atomic E-state index is 11.3. The number of ketones is 1. The Morgan fingerprint density at radius 3 is 2.50 bits per heavy atom. The molecule has 0 fully saturated rings. The Morgan fingerprint density at radius 2 is 2.00 bits per heavy atom. The van der Waals surface area contributed by atoms with Crippen LogP contribution >= 0.6 is 0 Å². The summed E-state index contributed by atoms with van der Waals surface area (Å²) in [6.07, 6.45) is 0. The van der Waals surface area contributed by atoms with Gasteiger partial charge in [-0.2, -0.15) is 0 Å². The molecule has 4 nitrogen and oxygen atoms in total. The van der Waals surface area contributed by atoms with E-state index in [0.717, 1.165) is 12.7 Å². The second-order valence-electron chi connectivity index (χ2n) is 2.84. The normalized spacial score (nSPS) is 9.57. The minimum absolute atomic E-state index is 0.0394. The molecule has 0 saturated carbocycles. The number of esters is 1. The number of benzene rings is 1. The van der Waals surface area contributed by atoms with Crippen molar-refractivity contribution in [1.29, 1.82) is 0 Å². The first kappa shape index (κ1) is 10.2. The second-order valence-corrected chi connectivity index (χ2v) is 2.84. The van der Waals surface area contributed by atoms with Crippen LogP contribution in [0.5, 0.6) is 5.75 Å². The maximum atomic E-state index is 11.3. The summed E-state index contributed by atoms with van der Waals surface area (Å²) in [7, 11) is 1.12. The van der Waals surface area contributed by atoms with E-state index in [0.29, 0.717) is 0 Å². The van der Waals surface area contributed by atoms with Gasteiger partial charge in [0.1, 0.15) is 5.75 Å². The van der Waals surface area contributed by atoms with E-state index < -0.39 is 11.8 Å². The summed E-state index contributed by atoms with van der Waals surface area (Å²) in [4.78, 5) is 22.1. The van der Waals surface area contributed by atoms with Gasteiger partial charge in [-0.25, -0.2) is 4.79 Å². The Labute approximate surface area is 81.1 Å². The van der Waals surface area contributed by atoms with Gasteiger partial charge in [0, 0.05) is 0 Å². The van der Waals surface area contributed by atoms with Gasteiger partial charge in [-0.3, -0.25) is 4.79 Å². The molecule has 74 valence electrons. The number of carbonyl (C=O) groups excluding carboxylic acids is 2. The SMILES string of the molecule is COC(=O)C(=O)c1ccc(C)cc1O. The summed E-state index contributed by atoms with van der Waals surface area (Å²) >= 11 is 0. The molecule has 0 aliphatic carbocycles. The van der Waals surface area contributed by atoms with E-state index in [1.165, 1.54) is 12.1 Å². The molecule has 0 aliphatic rings.